The summed E-state index contributed by atoms with van der Waals surface area (Å²) in [5, 5.41) is 8.73. The van der Waals surface area contributed by atoms with Crippen molar-refractivity contribution in [2.45, 2.75) is 17.4 Å². The Morgan fingerprint density at radius 1 is 1.32 bits per heavy atom. The van der Waals surface area contributed by atoms with E-state index in [1.165, 1.54) is 28.4 Å². The van der Waals surface area contributed by atoms with Crippen molar-refractivity contribution in [1.29, 1.82) is 0 Å². The summed E-state index contributed by atoms with van der Waals surface area (Å²) in [6.45, 7) is 0.0289. The molecule has 2 N–H and O–H groups in total. The Hall–Kier alpha value is -2.01. The lowest BCUT2D eigenvalue weighted by atomic mass is 10.1. The first-order valence-corrected chi connectivity index (χ1v) is 11.5. The van der Waals surface area contributed by atoms with Crippen molar-refractivity contribution in [3.8, 4) is 0 Å². The molecule has 0 saturated heterocycles. The quantitative estimate of drug-likeness (QED) is 0.515. The third kappa shape index (κ3) is 5.51. The molecule has 0 spiro atoms. The fourth-order valence-corrected chi connectivity index (χ4v) is 5.08. The van der Waals surface area contributed by atoms with E-state index in [1.54, 1.807) is 7.05 Å². The second kappa shape index (κ2) is 8.99. The van der Waals surface area contributed by atoms with Gasteiger partial charge in [-0.2, -0.15) is 5.10 Å². The summed E-state index contributed by atoms with van der Waals surface area (Å²) in [7, 11) is -2.07. The van der Waals surface area contributed by atoms with Gasteiger partial charge in [-0.15, -0.1) is 11.3 Å². The Morgan fingerprint density at radius 3 is 2.68 bits per heavy atom. The lowest BCUT2D eigenvalue weighted by Crippen LogP contribution is -2.38. The SMILES string of the molecule is Cn1cc(S(=O)(=O)NCC(NC(=O)Cc2cc(Br)cs2)c2ccccc2)cn1. The zero-order valence-electron chi connectivity index (χ0n) is 15.0. The molecule has 1 amide bonds. The van der Waals surface area contributed by atoms with E-state index >= 15 is 0 Å². The van der Waals surface area contributed by atoms with Crippen LogP contribution in [-0.4, -0.2) is 30.7 Å². The molecule has 0 bridgehead atoms. The van der Waals surface area contributed by atoms with Gasteiger partial charge >= 0.3 is 0 Å². The van der Waals surface area contributed by atoms with Crippen molar-refractivity contribution in [3.63, 3.8) is 0 Å². The Morgan fingerprint density at radius 2 is 2.07 bits per heavy atom. The fraction of sp³-hybridized carbons (Fsp3) is 0.222. The number of hydrogen-bond donors (Lipinski definition) is 2. The van der Waals surface area contributed by atoms with Gasteiger partial charge in [-0.3, -0.25) is 9.48 Å². The first-order valence-electron chi connectivity index (χ1n) is 8.39. The van der Waals surface area contributed by atoms with Crippen LogP contribution in [-0.2, 0) is 28.3 Å². The molecule has 148 valence electrons. The lowest BCUT2D eigenvalue weighted by Gasteiger charge is -2.19. The third-order valence-corrected chi connectivity index (χ3v) is 7.04. The van der Waals surface area contributed by atoms with Crippen LogP contribution in [0.5, 0.6) is 0 Å². The summed E-state index contributed by atoms with van der Waals surface area (Å²) in [4.78, 5) is 13.5. The molecule has 3 aromatic rings. The minimum Gasteiger partial charge on any atom is -0.348 e. The van der Waals surface area contributed by atoms with Gasteiger partial charge in [-0.05, 0) is 27.6 Å². The van der Waals surface area contributed by atoms with Crippen molar-refractivity contribution >= 4 is 43.2 Å². The molecule has 0 aliphatic heterocycles. The van der Waals surface area contributed by atoms with Crippen molar-refractivity contribution in [2.24, 2.45) is 7.05 Å². The Labute approximate surface area is 176 Å². The van der Waals surface area contributed by atoms with Crippen LogP contribution in [0.4, 0.5) is 0 Å². The number of thiophene rings is 1. The maximum Gasteiger partial charge on any atom is 0.243 e. The Balaban J connectivity index is 1.71. The molecule has 0 fully saturated rings. The Kier molecular flexibility index (Phi) is 6.65. The molecule has 1 unspecified atom stereocenters. The van der Waals surface area contributed by atoms with E-state index in [2.05, 4.69) is 31.1 Å². The van der Waals surface area contributed by atoms with Gasteiger partial charge < -0.3 is 5.32 Å². The van der Waals surface area contributed by atoms with E-state index in [1.807, 2.05) is 41.8 Å². The van der Waals surface area contributed by atoms with Crippen molar-refractivity contribution in [1.82, 2.24) is 19.8 Å². The van der Waals surface area contributed by atoms with Gasteiger partial charge in [-0.1, -0.05) is 30.3 Å². The predicted octanol–water partition coefficient (Wildman–Crippen LogP) is 2.62. The average molecular weight is 483 g/mol. The zero-order valence-corrected chi connectivity index (χ0v) is 18.2. The number of carbonyl (C=O) groups excluding carboxylic acids is 1. The highest BCUT2D eigenvalue weighted by Crippen LogP contribution is 2.21. The van der Waals surface area contributed by atoms with Gasteiger partial charge in [-0.25, -0.2) is 13.1 Å². The van der Waals surface area contributed by atoms with Gasteiger partial charge in [0.1, 0.15) is 4.90 Å². The van der Waals surface area contributed by atoms with Gasteiger partial charge in [0.15, 0.2) is 0 Å². The van der Waals surface area contributed by atoms with Gasteiger partial charge in [0.25, 0.3) is 0 Å². The molecule has 3 rings (SSSR count). The number of carbonyl (C=O) groups is 1. The topological polar surface area (TPSA) is 93.1 Å². The largest absolute Gasteiger partial charge is 0.348 e. The molecule has 10 heteroatoms. The van der Waals surface area contributed by atoms with E-state index in [0.717, 1.165) is 14.9 Å². The zero-order chi connectivity index (χ0) is 20.1. The number of rotatable bonds is 8. The molecule has 0 saturated carbocycles. The molecular weight excluding hydrogens is 464 g/mol. The second-order valence-electron chi connectivity index (χ2n) is 6.14. The van der Waals surface area contributed by atoms with Crippen molar-refractivity contribution in [2.75, 3.05) is 6.54 Å². The molecule has 0 aliphatic carbocycles. The number of hydrogen-bond acceptors (Lipinski definition) is 5. The maximum atomic E-state index is 12.5. The smallest absolute Gasteiger partial charge is 0.243 e. The number of aromatic nitrogens is 2. The molecule has 28 heavy (non-hydrogen) atoms. The van der Waals surface area contributed by atoms with Crippen LogP contribution in [0, 0.1) is 0 Å². The number of nitrogens with zero attached hydrogens (tertiary/aromatic N) is 2. The van der Waals surface area contributed by atoms with Crippen LogP contribution in [0.1, 0.15) is 16.5 Å². The summed E-state index contributed by atoms with van der Waals surface area (Å²) in [5.74, 6) is -0.177. The van der Waals surface area contributed by atoms with Crippen LogP contribution in [0.2, 0.25) is 0 Å². The number of benzene rings is 1. The van der Waals surface area contributed by atoms with Crippen LogP contribution < -0.4 is 10.0 Å². The highest BCUT2D eigenvalue weighted by molar-refractivity contribution is 9.10. The Bertz CT molecular complexity index is 1050. The minimum absolute atomic E-state index is 0.0289. The summed E-state index contributed by atoms with van der Waals surface area (Å²) in [5.41, 5.74) is 0.817. The van der Waals surface area contributed by atoms with Gasteiger partial charge in [0, 0.05) is 34.5 Å². The number of halogens is 1. The fourth-order valence-electron chi connectivity index (χ4n) is 2.60. The van der Waals surface area contributed by atoms with Crippen molar-refractivity contribution in [3.05, 3.63) is 69.1 Å². The summed E-state index contributed by atoms with van der Waals surface area (Å²) in [6.07, 6.45) is 2.94. The summed E-state index contributed by atoms with van der Waals surface area (Å²) < 4.78 is 29.9. The van der Waals surface area contributed by atoms with Gasteiger partial charge in [0.05, 0.1) is 18.7 Å². The van der Waals surface area contributed by atoms with Crippen LogP contribution >= 0.6 is 27.3 Å². The number of sulfonamides is 1. The number of amides is 1. The molecule has 7 nitrogen and oxygen atoms in total. The van der Waals surface area contributed by atoms with Crippen LogP contribution in [0.3, 0.4) is 0 Å². The van der Waals surface area contributed by atoms with Crippen LogP contribution in [0.15, 0.2) is 63.5 Å². The highest BCUT2D eigenvalue weighted by atomic mass is 79.9. The lowest BCUT2D eigenvalue weighted by molar-refractivity contribution is -0.121. The van der Waals surface area contributed by atoms with E-state index in [4.69, 9.17) is 0 Å². The summed E-state index contributed by atoms with van der Waals surface area (Å²) >= 11 is 4.86. The first kappa shape index (κ1) is 20.7. The predicted molar refractivity (Wildman–Crippen MR) is 111 cm³/mol. The monoisotopic (exact) mass is 482 g/mol. The second-order valence-corrected chi connectivity index (χ2v) is 9.82. The third-order valence-electron chi connectivity index (χ3n) is 3.96. The van der Waals surface area contributed by atoms with E-state index in [-0.39, 0.29) is 23.8 Å². The van der Waals surface area contributed by atoms with Crippen LogP contribution in [0.25, 0.3) is 0 Å². The molecular formula is C18H19BrN4O3S2. The molecule has 1 aromatic carbocycles. The average Bonchev–Trinajstić information content (AvgIpc) is 3.28. The van der Waals surface area contributed by atoms with E-state index < -0.39 is 16.1 Å². The highest BCUT2D eigenvalue weighted by Gasteiger charge is 2.21. The summed E-state index contributed by atoms with van der Waals surface area (Å²) in [6, 6.07) is 10.7. The molecule has 2 aromatic heterocycles. The van der Waals surface area contributed by atoms with E-state index in [0.29, 0.717) is 0 Å². The molecule has 0 aliphatic rings. The molecule has 1 atom stereocenters. The molecule has 2 heterocycles. The first-order chi connectivity index (χ1) is 13.3. The van der Waals surface area contributed by atoms with Gasteiger partial charge in [0.2, 0.25) is 15.9 Å². The standard InChI is InChI=1S/C18H19BrN4O3S2/c1-23-11-16(9-20-23)28(25,26)21-10-17(13-5-3-2-4-6-13)22-18(24)8-15-7-14(19)12-27-15/h2-7,9,11-12,17,21H,8,10H2,1H3,(H,22,24). The number of aryl methyl sites for hydroxylation is 1. The normalized spacial score (nSPS) is 12.6. The maximum absolute atomic E-state index is 12.5. The minimum atomic E-state index is -3.72. The number of nitrogens with one attached hydrogen (secondary N) is 2. The van der Waals surface area contributed by atoms with Crippen molar-refractivity contribution < 1.29 is 13.2 Å². The van der Waals surface area contributed by atoms with E-state index in [9.17, 15) is 13.2 Å². The molecule has 0 radical (unpaired) electrons.